The fourth-order valence-corrected chi connectivity index (χ4v) is 3.45. The number of nitrogens with zero attached hydrogens (tertiary/aromatic N) is 1. The van der Waals surface area contributed by atoms with Crippen LogP contribution in [0.2, 0.25) is 0 Å². The molecule has 100 valence electrons. The van der Waals surface area contributed by atoms with E-state index in [2.05, 4.69) is 0 Å². The summed E-state index contributed by atoms with van der Waals surface area (Å²) in [7, 11) is 0. The van der Waals surface area contributed by atoms with Gasteiger partial charge in [0.25, 0.3) is 0 Å². The summed E-state index contributed by atoms with van der Waals surface area (Å²) in [5.41, 5.74) is 0. The number of likely N-dealkylation sites (tertiary alicyclic amines) is 1. The van der Waals surface area contributed by atoms with Gasteiger partial charge in [-0.05, 0) is 19.3 Å². The molecule has 1 aliphatic carbocycles. The molecule has 2 atom stereocenters. The third-order valence-electron chi connectivity index (χ3n) is 3.76. The van der Waals surface area contributed by atoms with Gasteiger partial charge in [0, 0.05) is 19.2 Å². The molecule has 0 N–H and O–H groups in total. The molecule has 0 radical (unpaired) electrons. The molecule has 1 saturated heterocycles. The number of rotatable bonds is 4. The molecule has 0 aromatic carbocycles. The first-order chi connectivity index (χ1) is 8.61. The van der Waals surface area contributed by atoms with Crippen molar-refractivity contribution in [2.24, 2.45) is 11.8 Å². The Hall–Kier alpha value is -0.840. The second-order valence-electron chi connectivity index (χ2n) is 5.02. The Balaban J connectivity index is 1.87. The summed E-state index contributed by atoms with van der Waals surface area (Å²) in [4.78, 5) is 36.4. The lowest BCUT2D eigenvalue weighted by atomic mass is 9.81. The van der Waals surface area contributed by atoms with E-state index in [1.54, 1.807) is 0 Å². The Labute approximate surface area is 111 Å². The number of imide groups is 1. The van der Waals surface area contributed by atoms with Crippen LogP contribution in [0, 0.1) is 11.8 Å². The maximum absolute atomic E-state index is 12.1. The average molecular weight is 269 g/mol. The topological polar surface area (TPSA) is 54.5 Å². The molecule has 0 bridgehead atoms. The van der Waals surface area contributed by atoms with Crippen LogP contribution < -0.4 is 0 Å². The number of carbonyl (C=O) groups is 3. The summed E-state index contributed by atoms with van der Waals surface area (Å²) >= 11 is 1.25. The van der Waals surface area contributed by atoms with E-state index in [1.165, 1.54) is 23.6 Å². The minimum Gasteiger partial charge on any atom is -0.288 e. The van der Waals surface area contributed by atoms with Gasteiger partial charge in [0.2, 0.25) is 11.8 Å². The fraction of sp³-hybridized carbons (Fsp3) is 0.769. The Morgan fingerprint density at radius 2 is 1.78 bits per heavy atom. The van der Waals surface area contributed by atoms with Gasteiger partial charge in [-0.1, -0.05) is 24.6 Å². The van der Waals surface area contributed by atoms with Crippen LogP contribution in [0.1, 0.15) is 39.0 Å². The molecular formula is C13H19NO3S. The van der Waals surface area contributed by atoms with Crippen LogP contribution >= 0.6 is 11.8 Å². The first kappa shape index (κ1) is 13.6. The molecule has 0 spiro atoms. The standard InChI is InChI=1S/C13H19NO3S/c1-9(15)18-8-4-7-14-12(16)10-5-2-3-6-11(10)13(14)17/h10-11H,2-8H2,1H3. The fourth-order valence-electron chi connectivity index (χ4n) is 2.89. The summed E-state index contributed by atoms with van der Waals surface area (Å²) in [5, 5.41) is 0.0859. The largest absolute Gasteiger partial charge is 0.288 e. The van der Waals surface area contributed by atoms with E-state index in [4.69, 9.17) is 0 Å². The predicted octanol–water partition coefficient (Wildman–Crippen LogP) is 1.83. The number of hydrogen-bond acceptors (Lipinski definition) is 4. The van der Waals surface area contributed by atoms with Crippen LogP contribution in [-0.2, 0) is 14.4 Å². The molecule has 0 aromatic heterocycles. The highest BCUT2D eigenvalue weighted by atomic mass is 32.2. The SMILES string of the molecule is CC(=O)SCCCN1C(=O)C2CCCCC2C1=O. The molecule has 2 amide bonds. The van der Waals surface area contributed by atoms with Crippen molar-refractivity contribution in [3.8, 4) is 0 Å². The molecule has 2 fully saturated rings. The van der Waals surface area contributed by atoms with Gasteiger partial charge in [-0.15, -0.1) is 0 Å². The van der Waals surface area contributed by atoms with Crippen LogP contribution in [-0.4, -0.2) is 34.1 Å². The van der Waals surface area contributed by atoms with E-state index in [9.17, 15) is 14.4 Å². The summed E-state index contributed by atoms with van der Waals surface area (Å²) in [6, 6.07) is 0. The van der Waals surface area contributed by atoms with E-state index in [-0.39, 0.29) is 28.8 Å². The zero-order valence-electron chi connectivity index (χ0n) is 10.7. The van der Waals surface area contributed by atoms with Crippen LogP contribution in [0.4, 0.5) is 0 Å². The van der Waals surface area contributed by atoms with Gasteiger partial charge >= 0.3 is 0 Å². The summed E-state index contributed by atoms with van der Waals surface area (Å²) in [6.45, 7) is 2.01. The quantitative estimate of drug-likeness (QED) is 0.577. The van der Waals surface area contributed by atoms with Gasteiger partial charge in [0.05, 0.1) is 11.8 Å². The van der Waals surface area contributed by atoms with E-state index < -0.39 is 0 Å². The minimum absolute atomic E-state index is 0.0255. The van der Waals surface area contributed by atoms with E-state index >= 15 is 0 Å². The first-order valence-corrected chi connectivity index (χ1v) is 7.58. The van der Waals surface area contributed by atoms with Crippen molar-refractivity contribution in [2.75, 3.05) is 12.3 Å². The summed E-state index contributed by atoms with van der Waals surface area (Å²) in [5.74, 6) is 0.635. The average Bonchev–Trinajstić information content (AvgIpc) is 2.59. The Kier molecular flexibility index (Phi) is 4.43. The molecule has 2 aliphatic rings. The molecule has 0 aromatic rings. The van der Waals surface area contributed by atoms with Crippen LogP contribution in [0.25, 0.3) is 0 Å². The predicted molar refractivity (Wildman–Crippen MR) is 69.9 cm³/mol. The molecule has 1 heterocycles. The lowest BCUT2D eigenvalue weighted by molar-refractivity contribution is -0.139. The Bertz CT molecular complexity index is 345. The van der Waals surface area contributed by atoms with E-state index in [0.29, 0.717) is 18.7 Å². The van der Waals surface area contributed by atoms with Crippen molar-refractivity contribution in [2.45, 2.75) is 39.0 Å². The monoisotopic (exact) mass is 269 g/mol. The van der Waals surface area contributed by atoms with Crippen molar-refractivity contribution in [1.82, 2.24) is 4.90 Å². The minimum atomic E-state index is -0.0493. The molecular weight excluding hydrogens is 250 g/mol. The normalized spacial score (nSPS) is 27.5. The summed E-state index contributed by atoms with van der Waals surface area (Å²) in [6.07, 6.45) is 4.57. The zero-order chi connectivity index (χ0) is 13.1. The van der Waals surface area contributed by atoms with Crippen molar-refractivity contribution >= 4 is 28.7 Å². The molecule has 4 nitrogen and oxygen atoms in total. The van der Waals surface area contributed by atoms with Crippen LogP contribution in [0.5, 0.6) is 0 Å². The van der Waals surface area contributed by atoms with Gasteiger partial charge in [-0.25, -0.2) is 0 Å². The van der Waals surface area contributed by atoms with Gasteiger partial charge in [0.15, 0.2) is 5.12 Å². The van der Waals surface area contributed by atoms with E-state index in [1.807, 2.05) is 0 Å². The maximum atomic E-state index is 12.1. The lowest BCUT2D eigenvalue weighted by Gasteiger charge is -2.19. The van der Waals surface area contributed by atoms with Crippen molar-refractivity contribution in [1.29, 1.82) is 0 Å². The number of thioether (sulfide) groups is 1. The molecule has 2 unspecified atom stereocenters. The highest BCUT2D eigenvalue weighted by Crippen LogP contribution is 2.37. The molecule has 1 aliphatic heterocycles. The highest BCUT2D eigenvalue weighted by molar-refractivity contribution is 8.13. The molecule has 18 heavy (non-hydrogen) atoms. The number of hydrogen-bond donors (Lipinski definition) is 0. The van der Waals surface area contributed by atoms with Gasteiger partial charge < -0.3 is 0 Å². The number of carbonyl (C=O) groups excluding carboxylic acids is 3. The van der Waals surface area contributed by atoms with Crippen LogP contribution in [0.3, 0.4) is 0 Å². The molecule has 2 rings (SSSR count). The first-order valence-electron chi connectivity index (χ1n) is 6.60. The second-order valence-corrected chi connectivity index (χ2v) is 6.29. The van der Waals surface area contributed by atoms with Crippen molar-refractivity contribution in [3.05, 3.63) is 0 Å². The zero-order valence-corrected chi connectivity index (χ0v) is 11.5. The third kappa shape index (κ3) is 2.76. The lowest BCUT2D eigenvalue weighted by Crippen LogP contribution is -2.32. The molecule has 5 heteroatoms. The Morgan fingerprint density at radius 1 is 1.22 bits per heavy atom. The van der Waals surface area contributed by atoms with Crippen molar-refractivity contribution in [3.63, 3.8) is 0 Å². The van der Waals surface area contributed by atoms with Gasteiger partial charge in [-0.2, -0.15) is 0 Å². The van der Waals surface area contributed by atoms with E-state index in [0.717, 1.165) is 25.7 Å². The summed E-state index contributed by atoms with van der Waals surface area (Å²) < 4.78 is 0. The van der Waals surface area contributed by atoms with Gasteiger partial charge in [0.1, 0.15) is 0 Å². The van der Waals surface area contributed by atoms with Crippen LogP contribution in [0.15, 0.2) is 0 Å². The molecule has 1 saturated carbocycles. The number of fused-ring (bicyclic) bond motifs is 1. The maximum Gasteiger partial charge on any atom is 0.233 e. The second kappa shape index (κ2) is 5.87. The Morgan fingerprint density at radius 3 is 2.28 bits per heavy atom. The third-order valence-corrected chi connectivity index (χ3v) is 4.66. The highest BCUT2D eigenvalue weighted by Gasteiger charge is 2.47. The number of amides is 2. The van der Waals surface area contributed by atoms with Crippen molar-refractivity contribution < 1.29 is 14.4 Å². The smallest absolute Gasteiger partial charge is 0.233 e. The van der Waals surface area contributed by atoms with Gasteiger partial charge in [-0.3, -0.25) is 19.3 Å².